The molecule has 7 nitrogen and oxygen atoms in total. The summed E-state index contributed by atoms with van der Waals surface area (Å²) in [5.41, 5.74) is -0.0662. The lowest BCUT2D eigenvalue weighted by molar-refractivity contribution is -0.149. The van der Waals surface area contributed by atoms with Gasteiger partial charge in [-0.1, -0.05) is 12.1 Å². The number of hydrogen-bond donors (Lipinski definition) is 2. The largest absolute Gasteiger partial charge is 0.482 e. The third-order valence-electron chi connectivity index (χ3n) is 3.35. The number of anilines is 2. The van der Waals surface area contributed by atoms with Crippen molar-refractivity contribution in [3.8, 4) is 5.75 Å². The zero-order valence-corrected chi connectivity index (χ0v) is 15.2. The summed E-state index contributed by atoms with van der Waals surface area (Å²) >= 11 is 0. The van der Waals surface area contributed by atoms with Crippen LogP contribution >= 0.6 is 0 Å². The Balaban J connectivity index is 1.79. The standard InChI is InChI=1S/C19H17F3N2O5/c1-12(25)23-14-5-3-6-15(9-14)24-17(26)10-29-18(27)11-28-16-7-2-4-13(8-16)19(20,21)22/h2-9H,10-11H2,1H3,(H,23,25)(H,24,26). The fourth-order valence-corrected chi connectivity index (χ4v) is 2.17. The average molecular weight is 410 g/mol. The minimum atomic E-state index is -4.53. The topological polar surface area (TPSA) is 93.7 Å². The molecule has 0 aliphatic rings. The van der Waals surface area contributed by atoms with Gasteiger partial charge in [0.25, 0.3) is 5.91 Å². The van der Waals surface area contributed by atoms with E-state index < -0.39 is 36.8 Å². The maximum Gasteiger partial charge on any atom is 0.416 e. The van der Waals surface area contributed by atoms with Crippen molar-refractivity contribution in [3.05, 3.63) is 54.1 Å². The normalized spacial score (nSPS) is 10.8. The number of ether oxygens (including phenoxy) is 2. The zero-order valence-electron chi connectivity index (χ0n) is 15.2. The Kier molecular flexibility index (Phi) is 7.18. The average Bonchev–Trinajstić information content (AvgIpc) is 2.64. The van der Waals surface area contributed by atoms with Crippen LogP contribution in [0.1, 0.15) is 12.5 Å². The van der Waals surface area contributed by atoms with Gasteiger partial charge in [0.05, 0.1) is 5.56 Å². The van der Waals surface area contributed by atoms with E-state index in [-0.39, 0.29) is 11.7 Å². The highest BCUT2D eigenvalue weighted by molar-refractivity contribution is 5.94. The highest BCUT2D eigenvalue weighted by atomic mass is 19.4. The van der Waals surface area contributed by atoms with Crippen LogP contribution < -0.4 is 15.4 Å². The minimum Gasteiger partial charge on any atom is -0.482 e. The van der Waals surface area contributed by atoms with Crippen LogP contribution in [0.3, 0.4) is 0 Å². The van der Waals surface area contributed by atoms with Crippen LogP contribution in [0.4, 0.5) is 24.5 Å². The van der Waals surface area contributed by atoms with E-state index in [2.05, 4.69) is 10.6 Å². The number of carbonyl (C=O) groups excluding carboxylic acids is 3. The molecule has 0 spiro atoms. The minimum absolute atomic E-state index is 0.156. The van der Waals surface area contributed by atoms with Crippen molar-refractivity contribution < 1.29 is 37.0 Å². The molecule has 0 saturated carbocycles. The molecule has 2 N–H and O–H groups in total. The second-order valence-corrected chi connectivity index (χ2v) is 5.79. The van der Waals surface area contributed by atoms with Crippen LogP contribution in [-0.4, -0.2) is 31.0 Å². The molecule has 0 unspecified atom stereocenters. The van der Waals surface area contributed by atoms with Crippen molar-refractivity contribution in [3.63, 3.8) is 0 Å². The number of nitrogens with one attached hydrogen (secondary N) is 2. The van der Waals surface area contributed by atoms with Crippen molar-refractivity contribution in [2.45, 2.75) is 13.1 Å². The van der Waals surface area contributed by atoms with E-state index in [9.17, 15) is 27.6 Å². The first-order chi connectivity index (χ1) is 13.6. The number of hydrogen-bond acceptors (Lipinski definition) is 5. The van der Waals surface area contributed by atoms with E-state index in [1.165, 1.54) is 19.1 Å². The molecule has 0 heterocycles. The van der Waals surface area contributed by atoms with Crippen molar-refractivity contribution >= 4 is 29.2 Å². The van der Waals surface area contributed by atoms with Crippen molar-refractivity contribution in [2.75, 3.05) is 23.8 Å². The molecular formula is C19H17F3N2O5. The molecule has 2 aromatic rings. The Bertz CT molecular complexity index is 899. The highest BCUT2D eigenvalue weighted by Gasteiger charge is 2.30. The molecule has 0 atom stereocenters. The van der Waals surface area contributed by atoms with Crippen LogP contribution in [0.2, 0.25) is 0 Å². The summed E-state index contributed by atoms with van der Waals surface area (Å²) in [6, 6.07) is 10.3. The van der Waals surface area contributed by atoms with Gasteiger partial charge >= 0.3 is 12.1 Å². The van der Waals surface area contributed by atoms with E-state index >= 15 is 0 Å². The maximum absolute atomic E-state index is 12.6. The molecule has 2 amide bonds. The Morgan fingerprint density at radius 1 is 0.931 bits per heavy atom. The van der Waals surface area contributed by atoms with Gasteiger partial charge in [0, 0.05) is 18.3 Å². The van der Waals surface area contributed by atoms with Crippen molar-refractivity contribution in [1.29, 1.82) is 0 Å². The predicted octanol–water partition coefficient (Wildman–Crippen LogP) is 3.22. The number of rotatable bonds is 7. The summed E-state index contributed by atoms with van der Waals surface area (Å²) < 4.78 is 47.6. The number of halogens is 3. The Morgan fingerprint density at radius 3 is 2.24 bits per heavy atom. The van der Waals surface area contributed by atoms with Gasteiger partial charge in [0.1, 0.15) is 5.75 Å². The second-order valence-electron chi connectivity index (χ2n) is 5.79. The monoisotopic (exact) mass is 410 g/mol. The Labute approximate surface area is 163 Å². The molecule has 0 bridgehead atoms. The fourth-order valence-electron chi connectivity index (χ4n) is 2.17. The van der Waals surface area contributed by atoms with E-state index in [0.29, 0.717) is 11.4 Å². The number of carbonyl (C=O) groups is 3. The van der Waals surface area contributed by atoms with Crippen LogP contribution in [0, 0.1) is 0 Å². The second kappa shape index (κ2) is 9.58. The first-order valence-corrected chi connectivity index (χ1v) is 8.26. The number of benzene rings is 2. The summed E-state index contributed by atoms with van der Waals surface area (Å²) in [4.78, 5) is 34.5. The van der Waals surface area contributed by atoms with Gasteiger partial charge in [-0.3, -0.25) is 9.59 Å². The zero-order chi connectivity index (χ0) is 21.4. The lowest BCUT2D eigenvalue weighted by Gasteiger charge is -2.10. The third-order valence-corrected chi connectivity index (χ3v) is 3.35. The predicted molar refractivity (Wildman–Crippen MR) is 97.3 cm³/mol. The number of esters is 1. The molecule has 154 valence electrons. The van der Waals surface area contributed by atoms with Gasteiger partial charge in [0.2, 0.25) is 5.91 Å². The molecule has 0 radical (unpaired) electrons. The van der Waals surface area contributed by atoms with Crippen LogP contribution in [-0.2, 0) is 25.3 Å². The van der Waals surface area contributed by atoms with Crippen LogP contribution in [0.15, 0.2) is 48.5 Å². The van der Waals surface area contributed by atoms with Gasteiger partial charge in [0.15, 0.2) is 13.2 Å². The van der Waals surface area contributed by atoms with Gasteiger partial charge in [-0.25, -0.2) is 4.79 Å². The van der Waals surface area contributed by atoms with E-state index in [0.717, 1.165) is 18.2 Å². The van der Waals surface area contributed by atoms with E-state index in [4.69, 9.17) is 9.47 Å². The third kappa shape index (κ3) is 7.53. The smallest absolute Gasteiger partial charge is 0.416 e. The summed E-state index contributed by atoms with van der Waals surface area (Å²) in [7, 11) is 0. The lowest BCUT2D eigenvalue weighted by Crippen LogP contribution is -2.23. The van der Waals surface area contributed by atoms with E-state index in [1.807, 2.05) is 0 Å². The SMILES string of the molecule is CC(=O)Nc1cccc(NC(=O)COC(=O)COc2cccc(C(F)(F)F)c2)c1. The molecule has 2 aromatic carbocycles. The number of amides is 2. The summed E-state index contributed by atoms with van der Waals surface area (Å²) in [5.74, 6) is -2.00. The Hall–Kier alpha value is -3.56. The lowest BCUT2D eigenvalue weighted by atomic mass is 10.2. The molecule has 0 saturated heterocycles. The fraction of sp³-hybridized carbons (Fsp3) is 0.211. The molecule has 0 aliphatic heterocycles. The van der Waals surface area contributed by atoms with Crippen LogP contribution in [0.5, 0.6) is 5.75 Å². The molecule has 0 aromatic heterocycles. The van der Waals surface area contributed by atoms with Crippen molar-refractivity contribution in [1.82, 2.24) is 0 Å². The summed E-state index contributed by atoms with van der Waals surface area (Å²) in [6.45, 7) is 0.0634. The first kappa shape index (κ1) is 21.7. The van der Waals surface area contributed by atoms with Crippen LogP contribution in [0.25, 0.3) is 0 Å². The van der Waals surface area contributed by atoms with Gasteiger partial charge in [-0.15, -0.1) is 0 Å². The number of alkyl halides is 3. The molecule has 10 heteroatoms. The van der Waals surface area contributed by atoms with Gasteiger partial charge in [-0.2, -0.15) is 13.2 Å². The highest BCUT2D eigenvalue weighted by Crippen LogP contribution is 2.31. The van der Waals surface area contributed by atoms with Gasteiger partial charge < -0.3 is 20.1 Å². The Morgan fingerprint density at radius 2 is 1.59 bits per heavy atom. The first-order valence-electron chi connectivity index (χ1n) is 8.26. The maximum atomic E-state index is 12.6. The molecule has 2 rings (SSSR count). The molecule has 0 fully saturated rings. The van der Waals surface area contributed by atoms with Crippen molar-refractivity contribution in [2.24, 2.45) is 0 Å². The van der Waals surface area contributed by atoms with E-state index in [1.54, 1.807) is 18.2 Å². The summed E-state index contributed by atoms with van der Waals surface area (Å²) in [6.07, 6.45) is -4.53. The summed E-state index contributed by atoms with van der Waals surface area (Å²) in [5, 5.41) is 5.03. The molecule has 29 heavy (non-hydrogen) atoms. The molecule has 0 aliphatic carbocycles. The quantitative estimate of drug-likeness (QED) is 0.684. The van der Waals surface area contributed by atoms with Gasteiger partial charge in [-0.05, 0) is 36.4 Å². The molecular weight excluding hydrogens is 393 g/mol.